The second-order valence-electron chi connectivity index (χ2n) is 5.54. The fraction of sp³-hybridized carbons (Fsp3) is 0.467. The number of hydrogen-bond donors (Lipinski definition) is 2. The Balaban J connectivity index is 2.00. The maximum atomic E-state index is 12.1. The van der Waals surface area contributed by atoms with E-state index in [0.717, 1.165) is 12.0 Å². The summed E-state index contributed by atoms with van der Waals surface area (Å²) in [5.74, 6) is -1.41. The van der Waals surface area contributed by atoms with E-state index in [-0.39, 0.29) is 23.7 Å². The third-order valence-corrected chi connectivity index (χ3v) is 4.01. The van der Waals surface area contributed by atoms with Crippen LogP contribution < -0.4 is 5.32 Å². The molecule has 0 radical (unpaired) electrons. The van der Waals surface area contributed by atoms with Gasteiger partial charge in [0.2, 0.25) is 5.91 Å². The lowest BCUT2D eigenvalue weighted by Crippen LogP contribution is -2.45. The molecular formula is C15H18ClNO3. The molecule has 1 aliphatic rings. The third kappa shape index (κ3) is 3.12. The van der Waals surface area contributed by atoms with Crippen LogP contribution in [0, 0.1) is 11.8 Å². The minimum Gasteiger partial charge on any atom is -0.480 e. The monoisotopic (exact) mass is 295 g/mol. The van der Waals surface area contributed by atoms with Gasteiger partial charge in [-0.25, -0.2) is 4.79 Å². The molecule has 3 atom stereocenters. The van der Waals surface area contributed by atoms with Crippen LogP contribution in [0.15, 0.2) is 24.3 Å². The number of nitrogens with one attached hydrogen (secondary N) is 1. The smallest absolute Gasteiger partial charge is 0.326 e. The Morgan fingerprint density at radius 1 is 1.35 bits per heavy atom. The number of amides is 1. The molecular weight excluding hydrogens is 278 g/mol. The summed E-state index contributed by atoms with van der Waals surface area (Å²) in [6, 6.07) is 6.62. The first-order valence-electron chi connectivity index (χ1n) is 6.69. The molecule has 20 heavy (non-hydrogen) atoms. The normalized spacial score (nSPS) is 22.4. The molecule has 0 spiro atoms. The van der Waals surface area contributed by atoms with Gasteiger partial charge in [-0.2, -0.15) is 0 Å². The summed E-state index contributed by atoms with van der Waals surface area (Å²) >= 11 is 6.11. The van der Waals surface area contributed by atoms with Gasteiger partial charge in [-0.3, -0.25) is 4.79 Å². The summed E-state index contributed by atoms with van der Waals surface area (Å²) in [5.41, 5.74) is 0.964. The van der Waals surface area contributed by atoms with Crippen LogP contribution in [0.3, 0.4) is 0 Å². The van der Waals surface area contributed by atoms with Crippen LogP contribution >= 0.6 is 11.6 Å². The standard InChI is InChI=1S/C15H18ClNO3/c1-8(2)13(15(19)20)17-14(18)11-7-10(11)9-5-3-4-6-12(9)16/h3-6,8,10-11,13H,7H2,1-2H3,(H,17,18)(H,19,20). The Hall–Kier alpha value is -1.55. The first-order valence-corrected chi connectivity index (χ1v) is 7.07. The van der Waals surface area contributed by atoms with Crippen LogP contribution in [0.5, 0.6) is 0 Å². The number of rotatable bonds is 5. The highest BCUT2D eigenvalue weighted by molar-refractivity contribution is 6.31. The summed E-state index contributed by atoms with van der Waals surface area (Å²) in [4.78, 5) is 23.2. The van der Waals surface area contributed by atoms with Gasteiger partial charge in [0.1, 0.15) is 6.04 Å². The fourth-order valence-electron chi connectivity index (χ4n) is 2.38. The largest absolute Gasteiger partial charge is 0.480 e. The van der Waals surface area contributed by atoms with Crippen molar-refractivity contribution >= 4 is 23.5 Å². The molecule has 1 saturated carbocycles. The van der Waals surface area contributed by atoms with Gasteiger partial charge in [0.15, 0.2) is 0 Å². The molecule has 2 rings (SSSR count). The number of carboxylic acids is 1. The Kier molecular flexibility index (Phi) is 4.33. The zero-order valence-electron chi connectivity index (χ0n) is 11.5. The first kappa shape index (κ1) is 14.9. The van der Waals surface area contributed by atoms with E-state index in [1.165, 1.54) is 0 Å². The molecule has 1 amide bonds. The summed E-state index contributed by atoms with van der Waals surface area (Å²) in [7, 11) is 0. The lowest BCUT2D eigenvalue weighted by atomic mass is 10.0. The van der Waals surface area contributed by atoms with E-state index < -0.39 is 12.0 Å². The van der Waals surface area contributed by atoms with E-state index in [0.29, 0.717) is 5.02 Å². The summed E-state index contributed by atoms with van der Waals surface area (Å²) in [5, 5.41) is 12.4. The van der Waals surface area contributed by atoms with Crippen molar-refractivity contribution in [2.75, 3.05) is 0 Å². The van der Waals surface area contributed by atoms with E-state index in [2.05, 4.69) is 5.32 Å². The van der Waals surface area contributed by atoms with Crippen LogP contribution in [0.25, 0.3) is 0 Å². The van der Waals surface area contributed by atoms with Gasteiger partial charge in [-0.05, 0) is 29.9 Å². The Morgan fingerprint density at radius 3 is 2.55 bits per heavy atom. The number of carboxylic acid groups (broad SMARTS) is 1. The zero-order valence-corrected chi connectivity index (χ0v) is 12.2. The number of carbonyl (C=O) groups excluding carboxylic acids is 1. The van der Waals surface area contributed by atoms with Gasteiger partial charge >= 0.3 is 5.97 Å². The second kappa shape index (κ2) is 5.83. The minimum absolute atomic E-state index is 0.102. The van der Waals surface area contributed by atoms with Crippen molar-refractivity contribution in [2.45, 2.75) is 32.2 Å². The summed E-state index contributed by atoms with van der Waals surface area (Å²) in [6.07, 6.45) is 0.722. The zero-order chi connectivity index (χ0) is 14.9. The lowest BCUT2D eigenvalue weighted by molar-refractivity contribution is -0.143. The van der Waals surface area contributed by atoms with Crippen LogP contribution in [0.4, 0.5) is 0 Å². The molecule has 1 aromatic carbocycles. The summed E-state index contributed by atoms with van der Waals surface area (Å²) in [6.45, 7) is 3.55. The number of hydrogen-bond acceptors (Lipinski definition) is 2. The number of halogens is 1. The fourth-order valence-corrected chi connectivity index (χ4v) is 2.65. The van der Waals surface area contributed by atoms with Gasteiger partial charge < -0.3 is 10.4 Å². The van der Waals surface area contributed by atoms with E-state index in [1.54, 1.807) is 19.9 Å². The van der Waals surface area contributed by atoms with Crippen molar-refractivity contribution in [3.05, 3.63) is 34.9 Å². The maximum absolute atomic E-state index is 12.1. The molecule has 4 nitrogen and oxygen atoms in total. The Labute approximate surface area is 123 Å². The molecule has 0 saturated heterocycles. The highest BCUT2D eigenvalue weighted by Crippen LogP contribution is 2.49. The Morgan fingerprint density at radius 2 is 2.00 bits per heavy atom. The molecule has 3 unspecified atom stereocenters. The topological polar surface area (TPSA) is 66.4 Å². The number of carbonyl (C=O) groups is 2. The van der Waals surface area contributed by atoms with E-state index >= 15 is 0 Å². The van der Waals surface area contributed by atoms with Crippen molar-refractivity contribution in [1.29, 1.82) is 0 Å². The van der Waals surface area contributed by atoms with Gasteiger partial charge in [0, 0.05) is 10.9 Å². The average Bonchev–Trinajstić information content (AvgIpc) is 3.15. The lowest BCUT2D eigenvalue weighted by Gasteiger charge is -2.17. The summed E-state index contributed by atoms with van der Waals surface area (Å²) < 4.78 is 0. The predicted molar refractivity (Wildman–Crippen MR) is 76.7 cm³/mol. The molecule has 1 aromatic rings. The maximum Gasteiger partial charge on any atom is 0.326 e. The predicted octanol–water partition coefficient (Wildman–Crippen LogP) is 2.67. The van der Waals surface area contributed by atoms with Crippen molar-refractivity contribution in [3.63, 3.8) is 0 Å². The van der Waals surface area contributed by atoms with Crippen LogP contribution in [-0.2, 0) is 9.59 Å². The van der Waals surface area contributed by atoms with Gasteiger partial charge in [-0.15, -0.1) is 0 Å². The average molecular weight is 296 g/mol. The van der Waals surface area contributed by atoms with Crippen LogP contribution in [0.2, 0.25) is 5.02 Å². The molecule has 0 heterocycles. The van der Waals surface area contributed by atoms with Crippen LogP contribution in [-0.4, -0.2) is 23.0 Å². The number of benzene rings is 1. The molecule has 0 aromatic heterocycles. The minimum atomic E-state index is -0.997. The molecule has 2 N–H and O–H groups in total. The molecule has 0 aliphatic heterocycles. The second-order valence-corrected chi connectivity index (χ2v) is 5.95. The number of aliphatic carboxylic acids is 1. The van der Waals surface area contributed by atoms with Crippen molar-refractivity contribution in [2.24, 2.45) is 11.8 Å². The molecule has 5 heteroatoms. The molecule has 1 aliphatic carbocycles. The van der Waals surface area contributed by atoms with Gasteiger partial charge in [-0.1, -0.05) is 43.6 Å². The van der Waals surface area contributed by atoms with Crippen molar-refractivity contribution in [3.8, 4) is 0 Å². The molecule has 108 valence electrons. The highest BCUT2D eigenvalue weighted by atomic mass is 35.5. The third-order valence-electron chi connectivity index (χ3n) is 3.66. The Bertz CT molecular complexity index is 530. The van der Waals surface area contributed by atoms with E-state index in [1.807, 2.05) is 18.2 Å². The highest BCUT2D eigenvalue weighted by Gasteiger charge is 2.45. The SMILES string of the molecule is CC(C)C(NC(=O)C1CC1c1ccccc1Cl)C(=O)O. The molecule has 1 fully saturated rings. The quantitative estimate of drug-likeness (QED) is 0.877. The van der Waals surface area contributed by atoms with Gasteiger partial charge in [0.25, 0.3) is 0 Å². The first-order chi connectivity index (χ1) is 9.41. The van der Waals surface area contributed by atoms with Crippen molar-refractivity contribution < 1.29 is 14.7 Å². The van der Waals surface area contributed by atoms with Gasteiger partial charge in [0.05, 0.1) is 0 Å². The van der Waals surface area contributed by atoms with E-state index in [4.69, 9.17) is 16.7 Å². The van der Waals surface area contributed by atoms with Crippen molar-refractivity contribution in [1.82, 2.24) is 5.32 Å². The van der Waals surface area contributed by atoms with Crippen LogP contribution in [0.1, 0.15) is 31.7 Å². The molecule has 0 bridgehead atoms. The van der Waals surface area contributed by atoms with E-state index in [9.17, 15) is 9.59 Å².